The fraction of sp³-hybridized carbons (Fsp3) is 0.118. The molecule has 26 heavy (non-hydrogen) atoms. The van der Waals surface area contributed by atoms with Crippen molar-refractivity contribution in [3.05, 3.63) is 59.7 Å². The number of amidine groups is 1. The number of nitrogens with one attached hydrogen (secondary N) is 1. The Morgan fingerprint density at radius 3 is 2.73 bits per heavy atom. The standard InChI is InChI=1S/C17H16BN3O4S/c22-16-11-26-17(20-16)21-19-9-13-6-7-15(14(8-13)18(23)24)25-10-12-4-2-1-3-5-12/h1-9,23-24H,10-11H2,(H,20,21,22). The molecule has 0 atom stereocenters. The largest absolute Gasteiger partial charge is 0.492 e. The second-order valence-electron chi connectivity index (χ2n) is 5.43. The number of thioether (sulfide) groups is 1. The van der Waals surface area contributed by atoms with Gasteiger partial charge in [0, 0.05) is 5.46 Å². The number of hydrogen-bond donors (Lipinski definition) is 3. The maximum absolute atomic E-state index is 11.1. The van der Waals surface area contributed by atoms with Gasteiger partial charge in [0.2, 0.25) is 5.91 Å². The number of benzene rings is 2. The van der Waals surface area contributed by atoms with Gasteiger partial charge in [-0.15, -0.1) is 5.10 Å². The molecule has 0 saturated carbocycles. The van der Waals surface area contributed by atoms with Crippen molar-refractivity contribution in [3.63, 3.8) is 0 Å². The van der Waals surface area contributed by atoms with Crippen molar-refractivity contribution in [2.45, 2.75) is 6.61 Å². The lowest BCUT2D eigenvalue weighted by Gasteiger charge is -2.12. The number of carbonyl (C=O) groups is 1. The molecule has 3 N–H and O–H groups in total. The van der Waals surface area contributed by atoms with Gasteiger partial charge in [0.15, 0.2) is 5.17 Å². The van der Waals surface area contributed by atoms with Crippen LogP contribution in [0.3, 0.4) is 0 Å². The second kappa shape index (κ2) is 8.66. The van der Waals surface area contributed by atoms with Crippen molar-refractivity contribution >= 4 is 41.6 Å². The Morgan fingerprint density at radius 2 is 2.04 bits per heavy atom. The first-order chi connectivity index (χ1) is 12.6. The average molecular weight is 369 g/mol. The lowest BCUT2D eigenvalue weighted by Crippen LogP contribution is -2.31. The Hall–Kier alpha value is -2.62. The van der Waals surface area contributed by atoms with E-state index in [9.17, 15) is 14.8 Å². The Kier molecular flexibility index (Phi) is 6.06. The maximum atomic E-state index is 11.1. The van der Waals surface area contributed by atoms with E-state index in [0.29, 0.717) is 28.8 Å². The third-order valence-corrected chi connectivity index (χ3v) is 4.35. The number of hydrogen-bond acceptors (Lipinski definition) is 7. The van der Waals surface area contributed by atoms with Crippen LogP contribution in [0.5, 0.6) is 5.75 Å². The summed E-state index contributed by atoms with van der Waals surface area (Å²) >= 11 is 1.28. The molecule has 0 spiro atoms. The molecule has 132 valence electrons. The van der Waals surface area contributed by atoms with Crippen molar-refractivity contribution in [1.82, 2.24) is 5.32 Å². The van der Waals surface area contributed by atoms with Gasteiger partial charge in [0.05, 0.1) is 12.0 Å². The maximum Gasteiger partial charge on any atom is 0.492 e. The minimum Gasteiger partial charge on any atom is -0.489 e. The summed E-state index contributed by atoms with van der Waals surface area (Å²) in [7, 11) is -1.68. The van der Waals surface area contributed by atoms with Crippen molar-refractivity contribution in [1.29, 1.82) is 0 Å². The summed E-state index contributed by atoms with van der Waals surface area (Å²) in [5.74, 6) is 0.614. The van der Waals surface area contributed by atoms with E-state index in [0.717, 1.165) is 5.56 Å². The molecular formula is C17H16BN3O4S. The number of carbonyl (C=O) groups excluding carboxylic acids is 1. The van der Waals surface area contributed by atoms with Crippen LogP contribution in [0.1, 0.15) is 11.1 Å². The summed E-state index contributed by atoms with van der Waals surface area (Å²) in [5, 5.41) is 30.0. The zero-order valence-electron chi connectivity index (χ0n) is 13.7. The van der Waals surface area contributed by atoms with Gasteiger partial charge in [0.25, 0.3) is 0 Å². The fourth-order valence-electron chi connectivity index (χ4n) is 2.24. The lowest BCUT2D eigenvalue weighted by molar-refractivity contribution is -0.116. The average Bonchev–Trinajstić information content (AvgIpc) is 3.06. The number of amides is 1. The molecule has 0 bridgehead atoms. The number of nitrogens with zero attached hydrogens (tertiary/aromatic N) is 2. The Labute approximate surface area is 154 Å². The van der Waals surface area contributed by atoms with Crippen LogP contribution in [0.15, 0.2) is 58.7 Å². The third-order valence-electron chi connectivity index (χ3n) is 3.49. The highest BCUT2D eigenvalue weighted by atomic mass is 32.2. The molecule has 0 radical (unpaired) electrons. The van der Waals surface area contributed by atoms with E-state index >= 15 is 0 Å². The van der Waals surface area contributed by atoms with Crippen molar-refractivity contribution < 1.29 is 19.6 Å². The Morgan fingerprint density at radius 1 is 1.23 bits per heavy atom. The van der Waals surface area contributed by atoms with E-state index in [1.807, 2.05) is 30.3 Å². The van der Waals surface area contributed by atoms with E-state index in [4.69, 9.17) is 4.74 Å². The molecule has 2 aromatic carbocycles. The Bertz CT molecular complexity index is 843. The highest BCUT2D eigenvalue weighted by molar-refractivity contribution is 8.15. The SMILES string of the molecule is O=C1CSC(=NN=Cc2ccc(OCc3ccccc3)c(B(O)O)c2)N1. The fourth-order valence-corrected chi connectivity index (χ4v) is 2.87. The van der Waals surface area contributed by atoms with Crippen molar-refractivity contribution in [3.8, 4) is 5.75 Å². The zero-order valence-corrected chi connectivity index (χ0v) is 14.5. The molecule has 1 aliphatic rings. The predicted molar refractivity (Wildman–Crippen MR) is 103 cm³/mol. The summed E-state index contributed by atoms with van der Waals surface area (Å²) in [6.45, 7) is 0.318. The topological polar surface area (TPSA) is 104 Å². The van der Waals surface area contributed by atoms with Gasteiger partial charge in [-0.2, -0.15) is 5.10 Å². The number of ether oxygens (including phenoxy) is 1. The van der Waals surface area contributed by atoms with Crippen LogP contribution in [0, 0.1) is 0 Å². The monoisotopic (exact) mass is 369 g/mol. The van der Waals surface area contributed by atoms with Gasteiger partial charge in [-0.1, -0.05) is 42.1 Å². The Balaban J connectivity index is 1.71. The van der Waals surface area contributed by atoms with E-state index < -0.39 is 7.12 Å². The zero-order chi connectivity index (χ0) is 18.4. The molecule has 0 aliphatic carbocycles. The van der Waals surface area contributed by atoms with E-state index in [1.54, 1.807) is 18.2 Å². The van der Waals surface area contributed by atoms with Gasteiger partial charge >= 0.3 is 7.12 Å². The van der Waals surface area contributed by atoms with Crippen LogP contribution in [-0.2, 0) is 11.4 Å². The van der Waals surface area contributed by atoms with Crippen LogP contribution in [0.4, 0.5) is 0 Å². The smallest absolute Gasteiger partial charge is 0.489 e. The first-order valence-electron chi connectivity index (χ1n) is 7.82. The highest BCUT2D eigenvalue weighted by Gasteiger charge is 2.18. The summed E-state index contributed by atoms with van der Waals surface area (Å²) in [4.78, 5) is 11.1. The van der Waals surface area contributed by atoms with Crippen LogP contribution in [0.2, 0.25) is 0 Å². The van der Waals surface area contributed by atoms with Gasteiger partial charge < -0.3 is 20.1 Å². The van der Waals surface area contributed by atoms with Crippen LogP contribution < -0.4 is 15.5 Å². The first-order valence-corrected chi connectivity index (χ1v) is 8.81. The molecule has 1 heterocycles. The minimum atomic E-state index is -1.68. The molecule has 1 saturated heterocycles. The first kappa shape index (κ1) is 18.2. The lowest BCUT2D eigenvalue weighted by atomic mass is 9.79. The molecule has 3 rings (SSSR count). The number of rotatable bonds is 6. The molecule has 1 fully saturated rings. The molecule has 9 heteroatoms. The predicted octanol–water partition coefficient (Wildman–Crippen LogP) is 0.498. The molecule has 1 amide bonds. The summed E-state index contributed by atoms with van der Waals surface area (Å²) in [5.41, 5.74) is 1.84. The van der Waals surface area contributed by atoms with Crippen LogP contribution in [0.25, 0.3) is 0 Å². The van der Waals surface area contributed by atoms with Gasteiger partial charge in [-0.05, 0) is 29.3 Å². The molecule has 7 nitrogen and oxygen atoms in total. The van der Waals surface area contributed by atoms with E-state index in [-0.39, 0.29) is 11.4 Å². The molecular weight excluding hydrogens is 353 g/mol. The van der Waals surface area contributed by atoms with Crippen molar-refractivity contribution in [2.24, 2.45) is 10.2 Å². The molecule has 2 aromatic rings. The quantitative estimate of drug-likeness (QED) is 0.391. The summed E-state index contributed by atoms with van der Waals surface area (Å²) < 4.78 is 5.69. The molecule has 0 unspecified atom stereocenters. The second-order valence-corrected chi connectivity index (χ2v) is 6.40. The van der Waals surface area contributed by atoms with Gasteiger partial charge in [-0.25, -0.2) is 0 Å². The molecule has 0 aromatic heterocycles. The highest BCUT2D eigenvalue weighted by Crippen LogP contribution is 2.13. The van der Waals surface area contributed by atoms with Gasteiger partial charge in [-0.3, -0.25) is 4.79 Å². The van der Waals surface area contributed by atoms with E-state index in [1.165, 1.54) is 18.0 Å². The third kappa shape index (κ3) is 4.95. The van der Waals surface area contributed by atoms with Crippen LogP contribution in [-0.4, -0.2) is 40.2 Å². The van der Waals surface area contributed by atoms with Crippen LogP contribution >= 0.6 is 11.8 Å². The van der Waals surface area contributed by atoms with Crippen molar-refractivity contribution in [2.75, 3.05) is 5.75 Å². The molecule has 1 aliphatic heterocycles. The normalized spacial score (nSPS) is 15.5. The van der Waals surface area contributed by atoms with E-state index in [2.05, 4.69) is 15.5 Å². The summed E-state index contributed by atoms with van der Waals surface area (Å²) in [6.07, 6.45) is 1.46. The summed E-state index contributed by atoms with van der Waals surface area (Å²) in [6, 6.07) is 14.5. The van der Waals surface area contributed by atoms with Gasteiger partial charge in [0.1, 0.15) is 12.4 Å². The minimum absolute atomic E-state index is 0.102.